The molecule has 2 aliphatic rings. The SMILES string of the molecule is O=C(CCCNC(=O)c1ccc(OCC2CCC2)cc1)c1ccc(OC2CCC(C(=O)O)CC2)cc1. The van der Waals surface area contributed by atoms with Crippen LogP contribution in [0.25, 0.3) is 0 Å². The Labute approximate surface area is 212 Å². The van der Waals surface area contributed by atoms with Crippen LogP contribution in [0.4, 0.5) is 0 Å². The summed E-state index contributed by atoms with van der Waals surface area (Å²) < 4.78 is 11.7. The van der Waals surface area contributed by atoms with Crippen molar-refractivity contribution in [3.63, 3.8) is 0 Å². The Balaban J connectivity index is 1.13. The molecule has 0 aliphatic heterocycles. The molecule has 2 aromatic carbocycles. The number of amides is 1. The quantitative estimate of drug-likeness (QED) is 0.308. The molecule has 36 heavy (non-hydrogen) atoms. The number of Topliss-reactive ketones (excluding diaryl/α,β-unsaturated/α-hetero) is 1. The van der Waals surface area contributed by atoms with Gasteiger partial charge in [-0.1, -0.05) is 6.42 Å². The number of hydrogen-bond donors (Lipinski definition) is 2. The standard InChI is InChI=1S/C29H35NO6/c31-27(21-6-14-25(15-7-21)36-26-16-10-23(11-17-26)29(33)34)5-2-18-30-28(32)22-8-12-24(13-9-22)35-19-20-3-1-4-20/h6-9,12-15,20,23,26H,1-5,10-11,16-19H2,(H,30,32)(H,33,34). The average molecular weight is 494 g/mol. The molecule has 0 heterocycles. The van der Waals surface area contributed by atoms with Crippen LogP contribution in [0.3, 0.4) is 0 Å². The first kappa shape index (κ1) is 25.7. The minimum atomic E-state index is -0.727. The van der Waals surface area contributed by atoms with Crippen LogP contribution >= 0.6 is 0 Å². The highest BCUT2D eigenvalue weighted by atomic mass is 16.5. The van der Waals surface area contributed by atoms with Crippen molar-refractivity contribution in [1.82, 2.24) is 5.32 Å². The monoisotopic (exact) mass is 493 g/mol. The maximum absolute atomic E-state index is 12.5. The number of hydrogen-bond acceptors (Lipinski definition) is 5. The van der Waals surface area contributed by atoms with Crippen LogP contribution in [0.15, 0.2) is 48.5 Å². The summed E-state index contributed by atoms with van der Waals surface area (Å²) in [4.78, 5) is 35.9. The number of carbonyl (C=O) groups excluding carboxylic acids is 2. The van der Waals surface area contributed by atoms with E-state index in [1.54, 1.807) is 36.4 Å². The molecule has 4 rings (SSSR count). The fourth-order valence-electron chi connectivity index (χ4n) is 4.61. The molecule has 0 unspecified atom stereocenters. The third-order valence-electron chi connectivity index (χ3n) is 7.20. The third kappa shape index (κ3) is 7.33. The van der Waals surface area contributed by atoms with Crippen molar-refractivity contribution in [2.75, 3.05) is 13.2 Å². The van der Waals surface area contributed by atoms with Gasteiger partial charge in [-0.25, -0.2) is 0 Å². The summed E-state index contributed by atoms with van der Waals surface area (Å²) in [6.45, 7) is 1.16. The van der Waals surface area contributed by atoms with E-state index < -0.39 is 5.97 Å². The van der Waals surface area contributed by atoms with Gasteiger partial charge < -0.3 is 19.9 Å². The van der Waals surface area contributed by atoms with Crippen LogP contribution < -0.4 is 14.8 Å². The Morgan fingerprint density at radius 1 is 0.833 bits per heavy atom. The number of carbonyl (C=O) groups is 3. The Hall–Kier alpha value is -3.35. The smallest absolute Gasteiger partial charge is 0.306 e. The van der Waals surface area contributed by atoms with Gasteiger partial charge in [0.05, 0.1) is 18.6 Å². The van der Waals surface area contributed by atoms with Gasteiger partial charge in [0.25, 0.3) is 5.91 Å². The van der Waals surface area contributed by atoms with Gasteiger partial charge in [-0.2, -0.15) is 0 Å². The van der Waals surface area contributed by atoms with Gasteiger partial charge in [-0.3, -0.25) is 14.4 Å². The highest BCUT2D eigenvalue weighted by molar-refractivity contribution is 5.96. The van der Waals surface area contributed by atoms with Crippen molar-refractivity contribution < 1.29 is 29.0 Å². The van der Waals surface area contributed by atoms with Crippen LogP contribution in [-0.4, -0.2) is 42.0 Å². The lowest BCUT2D eigenvalue weighted by molar-refractivity contribution is -0.143. The first-order valence-corrected chi connectivity index (χ1v) is 13.0. The molecule has 2 fully saturated rings. The van der Waals surface area contributed by atoms with E-state index in [0.29, 0.717) is 55.0 Å². The summed E-state index contributed by atoms with van der Waals surface area (Å²) in [5.74, 6) is 1.00. The first-order chi connectivity index (χ1) is 17.5. The van der Waals surface area contributed by atoms with Gasteiger partial charge in [0.2, 0.25) is 0 Å². The Bertz CT molecular complexity index is 1020. The number of benzene rings is 2. The molecular formula is C29H35NO6. The number of ketones is 1. The van der Waals surface area contributed by atoms with Crippen LogP contribution in [0.5, 0.6) is 11.5 Å². The van der Waals surface area contributed by atoms with E-state index in [1.165, 1.54) is 19.3 Å². The van der Waals surface area contributed by atoms with Crippen LogP contribution in [0.2, 0.25) is 0 Å². The molecule has 7 heteroatoms. The Kier molecular flexibility index (Phi) is 8.98. The van der Waals surface area contributed by atoms with E-state index in [0.717, 1.165) is 25.2 Å². The predicted molar refractivity (Wildman–Crippen MR) is 136 cm³/mol. The molecule has 2 aromatic rings. The minimum absolute atomic E-state index is 0.0156. The summed E-state index contributed by atoms with van der Waals surface area (Å²) in [7, 11) is 0. The van der Waals surface area contributed by atoms with Crippen LogP contribution in [0.1, 0.15) is 78.5 Å². The van der Waals surface area contributed by atoms with Crippen molar-refractivity contribution in [3.8, 4) is 11.5 Å². The lowest BCUT2D eigenvalue weighted by Crippen LogP contribution is -2.27. The van der Waals surface area contributed by atoms with Gasteiger partial charge in [0, 0.05) is 24.1 Å². The number of ether oxygens (including phenoxy) is 2. The largest absolute Gasteiger partial charge is 0.493 e. The van der Waals surface area contributed by atoms with Crippen molar-refractivity contribution in [2.24, 2.45) is 11.8 Å². The number of aliphatic carboxylic acids is 1. The van der Waals surface area contributed by atoms with Gasteiger partial charge in [0.1, 0.15) is 11.5 Å². The second kappa shape index (κ2) is 12.6. The fourth-order valence-corrected chi connectivity index (χ4v) is 4.61. The number of nitrogens with one attached hydrogen (secondary N) is 1. The van der Waals surface area contributed by atoms with Gasteiger partial charge in [-0.15, -0.1) is 0 Å². The number of rotatable bonds is 12. The molecule has 0 spiro atoms. The fraction of sp³-hybridized carbons (Fsp3) is 0.483. The molecule has 192 valence electrons. The normalized spacial score (nSPS) is 19.7. The van der Waals surface area contributed by atoms with Gasteiger partial charge in [-0.05, 0) is 99.4 Å². The summed E-state index contributed by atoms with van der Waals surface area (Å²) in [6.07, 6.45) is 7.39. The highest BCUT2D eigenvalue weighted by Crippen LogP contribution is 2.28. The van der Waals surface area contributed by atoms with Crippen LogP contribution in [0, 0.1) is 11.8 Å². The average Bonchev–Trinajstić information content (AvgIpc) is 2.86. The van der Waals surface area contributed by atoms with Crippen LogP contribution in [-0.2, 0) is 4.79 Å². The lowest BCUT2D eigenvalue weighted by atomic mass is 9.86. The van der Waals surface area contributed by atoms with Crippen molar-refractivity contribution in [2.45, 2.75) is 63.9 Å². The molecule has 7 nitrogen and oxygen atoms in total. The summed E-state index contributed by atoms with van der Waals surface area (Å²) >= 11 is 0. The highest BCUT2D eigenvalue weighted by Gasteiger charge is 2.27. The van der Waals surface area contributed by atoms with E-state index in [-0.39, 0.29) is 23.7 Å². The molecular weight excluding hydrogens is 458 g/mol. The van der Waals surface area contributed by atoms with E-state index in [9.17, 15) is 14.4 Å². The molecule has 2 aliphatic carbocycles. The maximum atomic E-state index is 12.5. The number of carboxylic acid groups (broad SMARTS) is 1. The van der Waals surface area contributed by atoms with E-state index in [1.807, 2.05) is 12.1 Å². The zero-order valence-electron chi connectivity index (χ0n) is 20.6. The number of carboxylic acids is 1. The third-order valence-corrected chi connectivity index (χ3v) is 7.20. The second-order valence-corrected chi connectivity index (χ2v) is 9.87. The molecule has 1 amide bonds. The Morgan fingerprint density at radius 3 is 2.08 bits per heavy atom. The molecule has 2 N–H and O–H groups in total. The van der Waals surface area contributed by atoms with Crippen molar-refractivity contribution in [3.05, 3.63) is 59.7 Å². The van der Waals surface area contributed by atoms with Gasteiger partial charge >= 0.3 is 5.97 Å². The maximum Gasteiger partial charge on any atom is 0.306 e. The molecule has 2 saturated carbocycles. The van der Waals surface area contributed by atoms with Gasteiger partial charge in [0.15, 0.2) is 5.78 Å². The Morgan fingerprint density at radius 2 is 1.47 bits per heavy atom. The topological polar surface area (TPSA) is 102 Å². The zero-order chi connectivity index (χ0) is 25.3. The van der Waals surface area contributed by atoms with E-state index in [4.69, 9.17) is 14.6 Å². The first-order valence-electron chi connectivity index (χ1n) is 13.0. The van der Waals surface area contributed by atoms with Crippen molar-refractivity contribution >= 4 is 17.7 Å². The second-order valence-electron chi connectivity index (χ2n) is 9.87. The lowest BCUT2D eigenvalue weighted by Gasteiger charge is -2.26. The zero-order valence-corrected chi connectivity index (χ0v) is 20.6. The molecule has 0 atom stereocenters. The van der Waals surface area contributed by atoms with Crippen molar-refractivity contribution in [1.29, 1.82) is 0 Å². The predicted octanol–water partition coefficient (Wildman–Crippen LogP) is 5.28. The summed E-state index contributed by atoms with van der Waals surface area (Å²) in [5, 5.41) is 12.0. The van der Waals surface area contributed by atoms with E-state index >= 15 is 0 Å². The minimum Gasteiger partial charge on any atom is -0.493 e. The molecule has 0 aromatic heterocycles. The van der Waals surface area contributed by atoms with E-state index in [2.05, 4.69) is 5.32 Å². The molecule has 0 saturated heterocycles. The summed E-state index contributed by atoms with van der Waals surface area (Å²) in [6, 6.07) is 14.3. The summed E-state index contributed by atoms with van der Waals surface area (Å²) in [5.41, 5.74) is 1.19. The molecule has 0 bridgehead atoms. The molecule has 0 radical (unpaired) electrons.